The van der Waals surface area contributed by atoms with Crippen LogP contribution in [0.4, 0.5) is 5.69 Å². The summed E-state index contributed by atoms with van der Waals surface area (Å²) in [5.74, 6) is 0. The summed E-state index contributed by atoms with van der Waals surface area (Å²) < 4.78 is 1.95. The van der Waals surface area contributed by atoms with E-state index in [9.17, 15) is 0 Å². The fourth-order valence-electron chi connectivity index (χ4n) is 3.29. The van der Waals surface area contributed by atoms with E-state index in [0.29, 0.717) is 6.04 Å². The van der Waals surface area contributed by atoms with Crippen molar-refractivity contribution in [2.45, 2.75) is 38.4 Å². The lowest BCUT2D eigenvalue weighted by atomic mass is 10.1. The molecular formula is C13H23N5. The Kier molecular flexibility index (Phi) is 3.26. The van der Waals surface area contributed by atoms with Crippen LogP contribution >= 0.6 is 0 Å². The molecule has 3 heterocycles. The molecule has 2 saturated heterocycles. The van der Waals surface area contributed by atoms with Crippen LogP contribution in [0.25, 0.3) is 0 Å². The zero-order chi connectivity index (χ0) is 12.5. The minimum Gasteiger partial charge on any atom is -0.396 e. The highest BCUT2D eigenvalue weighted by Gasteiger charge is 2.33. The van der Waals surface area contributed by atoms with Crippen molar-refractivity contribution >= 4 is 5.69 Å². The molecule has 1 aromatic heterocycles. The highest BCUT2D eigenvalue weighted by molar-refractivity contribution is 5.30. The summed E-state index contributed by atoms with van der Waals surface area (Å²) in [7, 11) is 0. The molecule has 2 atom stereocenters. The number of aromatic nitrogens is 2. The second-order valence-corrected chi connectivity index (χ2v) is 5.67. The van der Waals surface area contributed by atoms with Gasteiger partial charge < -0.3 is 5.73 Å². The maximum absolute atomic E-state index is 5.68. The van der Waals surface area contributed by atoms with Gasteiger partial charge in [0.05, 0.1) is 18.4 Å². The molecule has 2 aliphatic rings. The van der Waals surface area contributed by atoms with Gasteiger partial charge in [0.25, 0.3) is 0 Å². The van der Waals surface area contributed by atoms with Gasteiger partial charge in [-0.1, -0.05) is 0 Å². The number of hydrogen-bond acceptors (Lipinski definition) is 4. The fraction of sp³-hybridized carbons (Fsp3) is 0.769. The van der Waals surface area contributed by atoms with E-state index in [0.717, 1.165) is 24.8 Å². The minimum absolute atomic E-state index is 0.659. The van der Waals surface area contributed by atoms with Gasteiger partial charge in [-0.15, -0.1) is 0 Å². The predicted octanol–water partition coefficient (Wildman–Crippen LogP) is 0.634. The highest BCUT2D eigenvalue weighted by Crippen LogP contribution is 2.24. The quantitative estimate of drug-likeness (QED) is 0.854. The third-order valence-electron chi connectivity index (χ3n) is 4.34. The van der Waals surface area contributed by atoms with Crippen molar-refractivity contribution < 1.29 is 0 Å². The second-order valence-electron chi connectivity index (χ2n) is 5.67. The van der Waals surface area contributed by atoms with Crippen LogP contribution in [0.5, 0.6) is 0 Å². The molecule has 1 aromatic rings. The largest absolute Gasteiger partial charge is 0.396 e. The smallest absolute Gasteiger partial charge is 0.0719 e. The summed E-state index contributed by atoms with van der Waals surface area (Å²) in [6.45, 7) is 8.11. The summed E-state index contributed by atoms with van der Waals surface area (Å²) in [4.78, 5) is 5.26. The van der Waals surface area contributed by atoms with Crippen molar-refractivity contribution in [3.05, 3.63) is 12.4 Å². The lowest BCUT2D eigenvalue weighted by molar-refractivity contribution is 0.0564. The van der Waals surface area contributed by atoms with Crippen LogP contribution in [0.15, 0.2) is 12.4 Å². The average molecular weight is 249 g/mol. The number of nitrogens with zero attached hydrogens (tertiary/aromatic N) is 4. The Bertz CT molecular complexity index is 402. The zero-order valence-corrected chi connectivity index (χ0v) is 11.1. The zero-order valence-electron chi connectivity index (χ0n) is 11.1. The average Bonchev–Trinajstić information content (AvgIpc) is 2.94. The molecule has 5 heteroatoms. The molecule has 2 aliphatic heterocycles. The monoisotopic (exact) mass is 249 g/mol. The molecule has 0 bridgehead atoms. The molecule has 0 spiro atoms. The Labute approximate surface area is 109 Å². The Morgan fingerprint density at radius 3 is 3.06 bits per heavy atom. The molecule has 5 nitrogen and oxygen atoms in total. The third kappa shape index (κ3) is 2.37. The van der Waals surface area contributed by atoms with Crippen molar-refractivity contribution in [1.29, 1.82) is 0 Å². The van der Waals surface area contributed by atoms with Gasteiger partial charge >= 0.3 is 0 Å². The van der Waals surface area contributed by atoms with E-state index in [1.54, 1.807) is 6.20 Å². The molecule has 100 valence electrons. The van der Waals surface area contributed by atoms with Crippen LogP contribution in [-0.2, 0) is 6.54 Å². The van der Waals surface area contributed by atoms with Crippen LogP contribution < -0.4 is 5.73 Å². The normalized spacial score (nSPS) is 29.6. The predicted molar refractivity (Wildman–Crippen MR) is 72.3 cm³/mol. The van der Waals surface area contributed by atoms with E-state index in [-0.39, 0.29) is 0 Å². The summed E-state index contributed by atoms with van der Waals surface area (Å²) in [6, 6.07) is 1.45. The van der Waals surface area contributed by atoms with E-state index >= 15 is 0 Å². The number of nitrogens with two attached hydrogens (primary N) is 1. The van der Waals surface area contributed by atoms with Crippen molar-refractivity contribution in [2.75, 3.05) is 31.9 Å². The SMILES string of the molecule is CC1CN2CCCC2CN1CCn1cc(N)cn1. The number of rotatable bonds is 3. The van der Waals surface area contributed by atoms with Crippen LogP contribution in [0.1, 0.15) is 19.8 Å². The molecule has 18 heavy (non-hydrogen) atoms. The van der Waals surface area contributed by atoms with Gasteiger partial charge in [0.15, 0.2) is 0 Å². The van der Waals surface area contributed by atoms with Crippen LogP contribution in [-0.4, -0.2) is 57.8 Å². The van der Waals surface area contributed by atoms with Crippen molar-refractivity contribution in [2.24, 2.45) is 0 Å². The van der Waals surface area contributed by atoms with Crippen molar-refractivity contribution in [1.82, 2.24) is 19.6 Å². The molecule has 0 aliphatic carbocycles. The van der Waals surface area contributed by atoms with Crippen LogP contribution in [0, 0.1) is 0 Å². The molecule has 0 radical (unpaired) electrons. The maximum Gasteiger partial charge on any atom is 0.0719 e. The Hall–Kier alpha value is -1.07. The van der Waals surface area contributed by atoms with Gasteiger partial charge in [-0.3, -0.25) is 14.5 Å². The Morgan fingerprint density at radius 2 is 2.28 bits per heavy atom. The molecule has 2 unspecified atom stereocenters. The maximum atomic E-state index is 5.68. The van der Waals surface area contributed by atoms with Crippen molar-refractivity contribution in [3.8, 4) is 0 Å². The first kappa shape index (κ1) is 12.0. The van der Waals surface area contributed by atoms with Crippen LogP contribution in [0.3, 0.4) is 0 Å². The van der Waals surface area contributed by atoms with Gasteiger partial charge in [0.1, 0.15) is 0 Å². The molecule has 0 saturated carbocycles. The van der Waals surface area contributed by atoms with E-state index < -0.39 is 0 Å². The molecule has 2 fully saturated rings. The van der Waals surface area contributed by atoms with Crippen LogP contribution in [0.2, 0.25) is 0 Å². The van der Waals surface area contributed by atoms with E-state index in [4.69, 9.17) is 5.73 Å². The van der Waals surface area contributed by atoms with Gasteiger partial charge in [0.2, 0.25) is 0 Å². The van der Waals surface area contributed by atoms with Crippen molar-refractivity contribution in [3.63, 3.8) is 0 Å². The first-order chi connectivity index (χ1) is 8.72. The van der Waals surface area contributed by atoms with Gasteiger partial charge in [-0.2, -0.15) is 5.10 Å². The topological polar surface area (TPSA) is 50.3 Å². The number of anilines is 1. The van der Waals surface area contributed by atoms with E-state index in [1.165, 1.54) is 32.5 Å². The summed E-state index contributed by atoms with van der Waals surface area (Å²) >= 11 is 0. The number of fused-ring (bicyclic) bond motifs is 1. The minimum atomic E-state index is 0.659. The third-order valence-corrected chi connectivity index (χ3v) is 4.34. The number of nitrogen functional groups attached to an aromatic ring is 1. The number of hydrogen-bond donors (Lipinski definition) is 1. The highest BCUT2D eigenvalue weighted by atomic mass is 15.3. The first-order valence-corrected chi connectivity index (χ1v) is 6.98. The Balaban J connectivity index is 1.55. The lowest BCUT2D eigenvalue weighted by Crippen LogP contribution is -2.55. The molecule has 3 rings (SSSR count). The van der Waals surface area contributed by atoms with Gasteiger partial charge in [-0.05, 0) is 26.3 Å². The fourth-order valence-corrected chi connectivity index (χ4v) is 3.29. The molecule has 0 aromatic carbocycles. The second kappa shape index (κ2) is 4.90. The summed E-state index contributed by atoms with van der Waals surface area (Å²) in [6.07, 6.45) is 6.38. The van der Waals surface area contributed by atoms with Gasteiger partial charge in [0, 0.05) is 37.9 Å². The Morgan fingerprint density at radius 1 is 1.39 bits per heavy atom. The summed E-state index contributed by atoms with van der Waals surface area (Å²) in [5, 5.41) is 4.25. The van der Waals surface area contributed by atoms with E-state index in [1.807, 2.05) is 10.9 Å². The van der Waals surface area contributed by atoms with Gasteiger partial charge in [-0.25, -0.2) is 0 Å². The van der Waals surface area contributed by atoms with E-state index in [2.05, 4.69) is 21.8 Å². The first-order valence-electron chi connectivity index (χ1n) is 6.98. The standard InChI is InChI=1S/C13H23N5/c1-11-8-17-4-2-3-13(17)10-16(11)5-6-18-9-12(14)7-15-18/h7,9,11,13H,2-6,8,10,14H2,1H3. The molecule has 2 N–H and O–H groups in total. The number of piperazine rings is 1. The summed E-state index contributed by atoms with van der Waals surface area (Å²) in [5.41, 5.74) is 6.43. The molecular weight excluding hydrogens is 226 g/mol. The lowest BCUT2D eigenvalue weighted by Gasteiger charge is -2.42. The molecule has 0 amide bonds.